The van der Waals surface area contributed by atoms with Gasteiger partial charge in [-0.25, -0.2) is 8.42 Å². The number of nitrogens with one attached hydrogen (secondary N) is 2. The van der Waals surface area contributed by atoms with E-state index in [4.69, 9.17) is 16.1 Å². The summed E-state index contributed by atoms with van der Waals surface area (Å²) in [6.07, 6.45) is 0.594. The van der Waals surface area contributed by atoms with Crippen LogP contribution in [0.3, 0.4) is 0 Å². The van der Waals surface area contributed by atoms with E-state index in [1.165, 1.54) is 24.3 Å². The number of halogens is 1. The smallest absolute Gasteiger partial charge is 0.244 e. The van der Waals surface area contributed by atoms with Crippen LogP contribution in [0.5, 0.6) is 0 Å². The van der Waals surface area contributed by atoms with Crippen LogP contribution < -0.4 is 10.0 Å². The van der Waals surface area contributed by atoms with Crippen LogP contribution in [0, 0.1) is 0 Å². The Bertz CT molecular complexity index is 746. The molecule has 2 N–H and O–H groups in total. The Balaban J connectivity index is 2.09. The Kier molecular flexibility index (Phi) is 5.74. The van der Waals surface area contributed by atoms with E-state index in [1.54, 1.807) is 6.92 Å². The highest BCUT2D eigenvalue weighted by Crippen LogP contribution is 2.18. The van der Waals surface area contributed by atoms with Crippen LogP contribution in [0.15, 0.2) is 33.7 Å². The highest BCUT2D eigenvalue weighted by molar-refractivity contribution is 7.89. The maximum absolute atomic E-state index is 12.3. The molecule has 1 heterocycles. The Hall–Kier alpha value is -1.48. The quantitative estimate of drug-likeness (QED) is 0.784. The van der Waals surface area contributed by atoms with Crippen LogP contribution in [0.4, 0.5) is 0 Å². The van der Waals surface area contributed by atoms with Crippen molar-refractivity contribution in [3.05, 3.63) is 41.0 Å². The minimum atomic E-state index is -3.69. The Morgan fingerprint density at radius 3 is 2.52 bits per heavy atom. The molecule has 0 saturated heterocycles. The minimum Gasteiger partial charge on any atom is -0.338 e. The molecule has 1 aromatic carbocycles. The zero-order chi connectivity index (χ0) is 17.0. The van der Waals surface area contributed by atoms with Gasteiger partial charge in [0.2, 0.25) is 15.9 Å². The van der Waals surface area contributed by atoms with Crippen molar-refractivity contribution in [2.75, 3.05) is 7.05 Å². The predicted molar refractivity (Wildman–Crippen MR) is 86.7 cm³/mol. The molecule has 0 aliphatic carbocycles. The molecule has 23 heavy (non-hydrogen) atoms. The second-order valence-electron chi connectivity index (χ2n) is 5.24. The average molecular weight is 359 g/mol. The monoisotopic (exact) mass is 358 g/mol. The summed E-state index contributed by atoms with van der Waals surface area (Å²) >= 11 is 5.77. The van der Waals surface area contributed by atoms with Gasteiger partial charge in [0, 0.05) is 17.5 Å². The highest BCUT2D eigenvalue weighted by Gasteiger charge is 2.22. The predicted octanol–water partition coefficient (Wildman–Crippen LogP) is 1.91. The molecular weight excluding hydrogens is 340 g/mol. The molecular formula is C14H19ClN4O3S. The summed E-state index contributed by atoms with van der Waals surface area (Å²) in [6.45, 7) is 3.63. The van der Waals surface area contributed by atoms with Crippen molar-refractivity contribution in [3.8, 4) is 0 Å². The third-order valence-electron chi connectivity index (χ3n) is 3.29. The largest absolute Gasteiger partial charge is 0.338 e. The van der Waals surface area contributed by atoms with Crippen LogP contribution in [-0.2, 0) is 16.4 Å². The fraction of sp³-hybridized carbons (Fsp3) is 0.429. The van der Waals surface area contributed by atoms with E-state index in [1.807, 2.05) is 14.0 Å². The van der Waals surface area contributed by atoms with Crippen molar-refractivity contribution in [2.24, 2.45) is 0 Å². The first-order chi connectivity index (χ1) is 10.8. The van der Waals surface area contributed by atoms with Gasteiger partial charge >= 0.3 is 0 Å². The lowest BCUT2D eigenvalue weighted by Crippen LogP contribution is -2.27. The summed E-state index contributed by atoms with van der Waals surface area (Å²) < 4.78 is 32.3. The summed E-state index contributed by atoms with van der Waals surface area (Å²) in [6, 6.07) is 5.47. The van der Waals surface area contributed by atoms with E-state index in [-0.39, 0.29) is 16.8 Å². The molecule has 0 spiro atoms. The van der Waals surface area contributed by atoms with Gasteiger partial charge in [0.15, 0.2) is 5.82 Å². The maximum atomic E-state index is 12.3. The van der Waals surface area contributed by atoms with Gasteiger partial charge in [-0.2, -0.15) is 9.71 Å². The van der Waals surface area contributed by atoms with Crippen LogP contribution >= 0.6 is 11.6 Å². The molecule has 2 aromatic rings. The van der Waals surface area contributed by atoms with Crippen LogP contribution in [0.25, 0.3) is 0 Å². The summed E-state index contributed by atoms with van der Waals surface area (Å²) in [5.41, 5.74) is 0. The van der Waals surface area contributed by atoms with Crippen molar-refractivity contribution in [1.82, 2.24) is 20.2 Å². The van der Waals surface area contributed by atoms with Gasteiger partial charge in [0.25, 0.3) is 0 Å². The molecule has 126 valence electrons. The van der Waals surface area contributed by atoms with Crippen LogP contribution in [-0.4, -0.2) is 31.6 Å². The van der Waals surface area contributed by atoms with Gasteiger partial charge in [0.05, 0.1) is 10.9 Å². The number of aromatic nitrogens is 2. The Morgan fingerprint density at radius 2 is 1.91 bits per heavy atom. The van der Waals surface area contributed by atoms with E-state index in [0.717, 1.165) is 0 Å². The third-order valence-corrected chi connectivity index (χ3v) is 5.10. The SMILES string of the molecule is CNC(C)Cc1noc(C(C)NS(=O)(=O)c2ccc(Cl)cc2)n1. The van der Waals surface area contributed by atoms with Crippen molar-refractivity contribution in [1.29, 1.82) is 0 Å². The number of hydrogen-bond donors (Lipinski definition) is 2. The molecule has 1 aromatic heterocycles. The van der Waals surface area contributed by atoms with E-state index in [9.17, 15) is 8.42 Å². The van der Waals surface area contributed by atoms with Crippen molar-refractivity contribution in [3.63, 3.8) is 0 Å². The third kappa shape index (κ3) is 4.74. The van der Waals surface area contributed by atoms with Gasteiger partial charge in [-0.3, -0.25) is 0 Å². The molecule has 0 amide bonds. The topological polar surface area (TPSA) is 97.1 Å². The number of benzene rings is 1. The molecule has 0 saturated carbocycles. The van der Waals surface area contributed by atoms with E-state index in [0.29, 0.717) is 17.3 Å². The fourth-order valence-corrected chi connectivity index (χ4v) is 3.19. The summed E-state index contributed by atoms with van der Waals surface area (Å²) in [7, 11) is -1.85. The Morgan fingerprint density at radius 1 is 1.26 bits per heavy atom. The number of nitrogens with zero attached hydrogens (tertiary/aromatic N) is 2. The van der Waals surface area contributed by atoms with Crippen LogP contribution in [0.1, 0.15) is 31.6 Å². The first-order valence-electron chi connectivity index (χ1n) is 7.09. The first-order valence-corrected chi connectivity index (χ1v) is 8.95. The van der Waals surface area contributed by atoms with Crippen molar-refractivity contribution in [2.45, 2.75) is 37.2 Å². The van der Waals surface area contributed by atoms with Crippen LogP contribution in [0.2, 0.25) is 5.02 Å². The second-order valence-corrected chi connectivity index (χ2v) is 7.39. The lowest BCUT2D eigenvalue weighted by atomic mass is 10.2. The average Bonchev–Trinajstić information content (AvgIpc) is 2.95. The Labute approximate surface area is 140 Å². The molecule has 0 fully saturated rings. The second kappa shape index (κ2) is 7.39. The molecule has 2 rings (SSSR count). The lowest BCUT2D eigenvalue weighted by Gasteiger charge is -2.10. The zero-order valence-corrected chi connectivity index (χ0v) is 14.6. The number of sulfonamides is 1. The highest BCUT2D eigenvalue weighted by atomic mass is 35.5. The van der Waals surface area contributed by atoms with Gasteiger partial charge in [0.1, 0.15) is 0 Å². The van der Waals surface area contributed by atoms with Gasteiger partial charge in [-0.15, -0.1) is 0 Å². The molecule has 0 aliphatic heterocycles. The molecule has 0 bridgehead atoms. The lowest BCUT2D eigenvalue weighted by molar-refractivity contribution is 0.348. The molecule has 0 aliphatic rings. The normalized spacial score (nSPS) is 14.6. The molecule has 7 nitrogen and oxygen atoms in total. The van der Waals surface area contributed by atoms with E-state index in [2.05, 4.69) is 20.2 Å². The first kappa shape index (κ1) is 17.9. The summed E-state index contributed by atoms with van der Waals surface area (Å²) in [5.74, 6) is 0.750. The minimum absolute atomic E-state index is 0.122. The number of hydrogen-bond acceptors (Lipinski definition) is 6. The maximum Gasteiger partial charge on any atom is 0.244 e. The number of likely N-dealkylation sites (N-methyl/N-ethyl adjacent to an activating group) is 1. The molecule has 2 atom stereocenters. The van der Waals surface area contributed by atoms with E-state index < -0.39 is 16.1 Å². The van der Waals surface area contributed by atoms with Crippen molar-refractivity contribution >= 4 is 21.6 Å². The zero-order valence-electron chi connectivity index (χ0n) is 13.1. The molecule has 0 radical (unpaired) electrons. The molecule has 2 unspecified atom stereocenters. The van der Waals surface area contributed by atoms with E-state index >= 15 is 0 Å². The van der Waals surface area contributed by atoms with Gasteiger partial charge in [-0.05, 0) is 45.2 Å². The standard InChI is InChI=1S/C14H19ClN4O3S/c1-9(16-3)8-13-17-14(22-18-13)10(2)19-23(20,21)12-6-4-11(15)5-7-12/h4-7,9-10,16,19H,8H2,1-3H3. The van der Waals surface area contributed by atoms with Gasteiger partial charge < -0.3 is 9.84 Å². The fourth-order valence-electron chi connectivity index (χ4n) is 1.87. The summed E-state index contributed by atoms with van der Waals surface area (Å²) in [4.78, 5) is 4.35. The summed E-state index contributed by atoms with van der Waals surface area (Å²) in [5, 5.41) is 7.40. The van der Waals surface area contributed by atoms with Crippen molar-refractivity contribution < 1.29 is 12.9 Å². The molecule has 9 heteroatoms. The van der Waals surface area contributed by atoms with Gasteiger partial charge in [-0.1, -0.05) is 16.8 Å². The number of rotatable bonds is 7.